The normalized spacial score (nSPS) is 31.1. The standard InChI is InChI=1S/C13H22O/c1-11(10-14)6-9-13(4)8-5-7-12(13,2)3/h5-7,14H,8-10H2,1-4H3. The minimum absolute atomic E-state index is 0.184. The molecule has 1 aliphatic carbocycles. The van der Waals surface area contributed by atoms with Crippen LogP contribution >= 0.6 is 0 Å². The summed E-state index contributed by atoms with van der Waals surface area (Å²) in [5.41, 5.74) is 1.68. The topological polar surface area (TPSA) is 20.2 Å². The molecule has 1 unspecified atom stereocenters. The molecule has 0 saturated heterocycles. The molecule has 0 saturated carbocycles. The molecule has 0 aromatic heterocycles. The SMILES string of the molecule is CC(=CCC1(C)CC=CC1(C)C)CO. The molecule has 1 N–H and O–H groups in total. The zero-order valence-corrected chi connectivity index (χ0v) is 9.80. The molecule has 0 fully saturated rings. The van der Waals surface area contributed by atoms with E-state index < -0.39 is 0 Å². The van der Waals surface area contributed by atoms with Crippen molar-refractivity contribution in [3.05, 3.63) is 23.8 Å². The maximum absolute atomic E-state index is 8.94. The van der Waals surface area contributed by atoms with Gasteiger partial charge in [-0.1, -0.05) is 44.6 Å². The third-order valence-corrected chi connectivity index (χ3v) is 3.81. The van der Waals surface area contributed by atoms with Gasteiger partial charge in [-0.25, -0.2) is 0 Å². The van der Waals surface area contributed by atoms with Crippen molar-refractivity contribution < 1.29 is 5.11 Å². The summed E-state index contributed by atoms with van der Waals surface area (Å²) in [7, 11) is 0. The van der Waals surface area contributed by atoms with E-state index in [1.165, 1.54) is 0 Å². The van der Waals surface area contributed by atoms with E-state index in [4.69, 9.17) is 5.11 Å². The lowest BCUT2D eigenvalue weighted by atomic mass is 9.67. The van der Waals surface area contributed by atoms with Crippen LogP contribution in [0.1, 0.15) is 40.5 Å². The summed E-state index contributed by atoms with van der Waals surface area (Å²) in [6.07, 6.45) is 8.97. The molecule has 0 amide bonds. The molecule has 1 heteroatoms. The molecule has 80 valence electrons. The lowest BCUT2D eigenvalue weighted by molar-refractivity contribution is 0.166. The van der Waals surface area contributed by atoms with Gasteiger partial charge < -0.3 is 5.11 Å². The van der Waals surface area contributed by atoms with Gasteiger partial charge in [-0.15, -0.1) is 0 Å². The van der Waals surface area contributed by atoms with Gasteiger partial charge in [-0.3, -0.25) is 0 Å². The Bertz CT molecular complexity index is 260. The molecule has 1 atom stereocenters. The lowest BCUT2D eigenvalue weighted by Gasteiger charge is -2.37. The molecule has 0 heterocycles. The van der Waals surface area contributed by atoms with Crippen molar-refractivity contribution in [3.63, 3.8) is 0 Å². The fraction of sp³-hybridized carbons (Fsp3) is 0.692. The number of allylic oxidation sites excluding steroid dienone is 3. The lowest BCUT2D eigenvalue weighted by Crippen LogP contribution is -2.29. The number of aliphatic hydroxyl groups is 1. The van der Waals surface area contributed by atoms with Crippen molar-refractivity contribution in [2.45, 2.75) is 40.5 Å². The van der Waals surface area contributed by atoms with Crippen LogP contribution in [-0.4, -0.2) is 11.7 Å². The Morgan fingerprint density at radius 3 is 2.50 bits per heavy atom. The van der Waals surface area contributed by atoms with E-state index >= 15 is 0 Å². The van der Waals surface area contributed by atoms with Gasteiger partial charge in [-0.05, 0) is 30.6 Å². The molecular formula is C13H22O. The predicted octanol–water partition coefficient (Wildman–Crippen LogP) is 3.31. The fourth-order valence-electron chi connectivity index (χ4n) is 1.89. The quantitative estimate of drug-likeness (QED) is 0.683. The van der Waals surface area contributed by atoms with Crippen LogP contribution in [0.3, 0.4) is 0 Å². The first-order chi connectivity index (χ1) is 6.41. The van der Waals surface area contributed by atoms with Crippen LogP contribution in [0.4, 0.5) is 0 Å². The Hall–Kier alpha value is -0.560. The third-order valence-electron chi connectivity index (χ3n) is 3.81. The first-order valence-electron chi connectivity index (χ1n) is 5.35. The second kappa shape index (κ2) is 3.90. The molecule has 1 aliphatic rings. The van der Waals surface area contributed by atoms with Crippen LogP contribution in [0.15, 0.2) is 23.8 Å². The van der Waals surface area contributed by atoms with Gasteiger partial charge in [0.1, 0.15) is 0 Å². The van der Waals surface area contributed by atoms with Crippen LogP contribution in [0.5, 0.6) is 0 Å². The zero-order valence-electron chi connectivity index (χ0n) is 9.80. The highest BCUT2D eigenvalue weighted by Gasteiger charge is 2.40. The van der Waals surface area contributed by atoms with Crippen molar-refractivity contribution in [2.24, 2.45) is 10.8 Å². The highest BCUT2D eigenvalue weighted by molar-refractivity contribution is 5.15. The van der Waals surface area contributed by atoms with Crippen molar-refractivity contribution in [2.75, 3.05) is 6.61 Å². The Morgan fingerprint density at radius 1 is 1.43 bits per heavy atom. The summed E-state index contributed by atoms with van der Waals surface area (Å²) in [4.78, 5) is 0. The maximum Gasteiger partial charge on any atom is 0.0639 e. The van der Waals surface area contributed by atoms with Gasteiger partial charge in [0, 0.05) is 0 Å². The Labute approximate surface area is 87.5 Å². The Kier molecular flexibility index (Phi) is 3.20. The van der Waals surface area contributed by atoms with Crippen LogP contribution in [0, 0.1) is 10.8 Å². The van der Waals surface area contributed by atoms with Crippen molar-refractivity contribution in [1.29, 1.82) is 0 Å². The molecule has 0 spiro atoms. The summed E-state index contributed by atoms with van der Waals surface area (Å²) in [5.74, 6) is 0. The molecule has 1 rings (SSSR count). The van der Waals surface area contributed by atoms with Crippen LogP contribution in [0.25, 0.3) is 0 Å². The first-order valence-corrected chi connectivity index (χ1v) is 5.35. The summed E-state index contributed by atoms with van der Waals surface area (Å²) in [5, 5.41) is 8.94. The molecule has 0 radical (unpaired) electrons. The van der Waals surface area contributed by atoms with E-state index in [-0.39, 0.29) is 12.0 Å². The van der Waals surface area contributed by atoms with Crippen LogP contribution in [-0.2, 0) is 0 Å². The van der Waals surface area contributed by atoms with Crippen molar-refractivity contribution >= 4 is 0 Å². The van der Waals surface area contributed by atoms with Gasteiger partial charge in [0.25, 0.3) is 0 Å². The average molecular weight is 194 g/mol. The minimum Gasteiger partial charge on any atom is -0.392 e. The fourth-order valence-corrected chi connectivity index (χ4v) is 1.89. The molecule has 14 heavy (non-hydrogen) atoms. The first kappa shape index (κ1) is 11.5. The largest absolute Gasteiger partial charge is 0.392 e. The predicted molar refractivity (Wildman–Crippen MR) is 61.1 cm³/mol. The van der Waals surface area contributed by atoms with Crippen molar-refractivity contribution in [1.82, 2.24) is 0 Å². The second-order valence-corrected chi connectivity index (χ2v) is 5.30. The number of hydrogen-bond acceptors (Lipinski definition) is 1. The summed E-state index contributed by atoms with van der Waals surface area (Å²) in [6.45, 7) is 9.08. The highest BCUT2D eigenvalue weighted by Crippen LogP contribution is 2.50. The molecule has 0 aromatic carbocycles. The zero-order chi connectivity index (χ0) is 10.8. The second-order valence-electron chi connectivity index (χ2n) is 5.30. The van der Waals surface area contributed by atoms with E-state index in [9.17, 15) is 0 Å². The van der Waals surface area contributed by atoms with E-state index in [2.05, 4.69) is 39.0 Å². The molecule has 0 aliphatic heterocycles. The smallest absolute Gasteiger partial charge is 0.0639 e. The summed E-state index contributed by atoms with van der Waals surface area (Å²) >= 11 is 0. The number of aliphatic hydroxyl groups excluding tert-OH is 1. The van der Waals surface area contributed by atoms with Gasteiger partial charge in [0.15, 0.2) is 0 Å². The van der Waals surface area contributed by atoms with Gasteiger partial charge in [-0.2, -0.15) is 0 Å². The molecular weight excluding hydrogens is 172 g/mol. The van der Waals surface area contributed by atoms with Crippen LogP contribution in [0.2, 0.25) is 0 Å². The monoisotopic (exact) mass is 194 g/mol. The van der Waals surface area contributed by atoms with Crippen molar-refractivity contribution in [3.8, 4) is 0 Å². The maximum atomic E-state index is 8.94. The average Bonchev–Trinajstić information content (AvgIpc) is 2.38. The number of rotatable bonds is 3. The van der Waals surface area contributed by atoms with Gasteiger partial charge >= 0.3 is 0 Å². The number of hydrogen-bond donors (Lipinski definition) is 1. The minimum atomic E-state index is 0.184. The Morgan fingerprint density at radius 2 is 2.07 bits per heavy atom. The highest BCUT2D eigenvalue weighted by atomic mass is 16.3. The summed E-state index contributed by atoms with van der Waals surface area (Å²) < 4.78 is 0. The van der Waals surface area contributed by atoms with E-state index in [1.54, 1.807) is 0 Å². The van der Waals surface area contributed by atoms with E-state index in [0.717, 1.165) is 18.4 Å². The molecule has 1 nitrogen and oxygen atoms in total. The van der Waals surface area contributed by atoms with E-state index in [0.29, 0.717) is 5.41 Å². The molecule has 0 bridgehead atoms. The van der Waals surface area contributed by atoms with Crippen LogP contribution < -0.4 is 0 Å². The van der Waals surface area contributed by atoms with Gasteiger partial charge in [0.2, 0.25) is 0 Å². The molecule has 0 aromatic rings. The van der Waals surface area contributed by atoms with E-state index in [1.807, 2.05) is 6.92 Å². The van der Waals surface area contributed by atoms with Gasteiger partial charge in [0.05, 0.1) is 6.61 Å². The summed E-state index contributed by atoms with van der Waals surface area (Å²) in [6, 6.07) is 0. The third kappa shape index (κ3) is 2.09. The Balaban J connectivity index is 2.69.